The molecule has 0 saturated carbocycles. The molecule has 0 bridgehead atoms. The second-order valence-corrected chi connectivity index (χ2v) is 9.07. The number of carbonyl (C=O) groups excluding carboxylic acids is 2. The van der Waals surface area contributed by atoms with Crippen LogP contribution in [0.1, 0.15) is 36.6 Å². The maximum Gasteiger partial charge on any atom is 0.295 e. The predicted octanol–water partition coefficient (Wildman–Crippen LogP) is 5.78. The first-order chi connectivity index (χ1) is 17.9. The number of aliphatic hydroxyl groups excluding tert-OH is 1. The number of H-pyrrole nitrogens is 1. The summed E-state index contributed by atoms with van der Waals surface area (Å²) in [6, 6.07) is 20.2. The van der Waals surface area contributed by atoms with E-state index in [2.05, 4.69) is 23.7 Å². The van der Waals surface area contributed by atoms with Crippen molar-refractivity contribution < 1.29 is 19.1 Å². The van der Waals surface area contributed by atoms with Crippen LogP contribution in [0.15, 0.2) is 84.6 Å². The zero-order valence-corrected chi connectivity index (χ0v) is 20.7. The van der Waals surface area contributed by atoms with Gasteiger partial charge in [-0.3, -0.25) is 9.59 Å². The monoisotopic (exact) mass is 497 g/mol. The van der Waals surface area contributed by atoms with Crippen molar-refractivity contribution in [3.63, 3.8) is 0 Å². The van der Waals surface area contributed by atoms with Crippen molar-refractivity contribution in [2.24, 2.45) is 0 Å². The Balaban J connectivity index is 1.64. The molecule has 7 heteroatoms. The first-order valence-corrected chi connectivity index (χ1v) is 12.4. The molecule has 188 valence electrons. The van der Waals surface area contributed by atoms with E-state index in [1.807, 2.05) is 48.5 Å². The molecule has 1 aromatic heterocycles. The van der Waals surface area contributed by atoms with Crippen molar-refractivity contribution in [2.75, 3.05) is 18.0 Å². The van der Waals surface area contributed by atoms with Crippen molar-refractivity contribution in [1.29, 1.82) is 0 Å². The zero-order valence-electron chi connectivity index (χ0n) is 20.7. The fourth-order valence-electron chi connectivity index (χ4n) is 5.04. The second-order valence-electron chi connectivity index (χ2n) is 9.07. The Hall–Kier alpha value is -4.39. The molecule has 0 aliphatic carbocycles. The maximum atomic E-state index is 13.5. The number of hydrogen-bond donors (Lipinski definition) is 2. The molecule has 2 N–H and O–H groups in total. The van der Waals surface area contributed by atoms with Gasteiger partial charge in [0.05, 0.1) is 11.6 Å². The summed E-state index contributed by atoms with van der Waals surface area (Å²) in [5.74, 6) is -2.06. The lowest BCUT2D eigenvalue weighted by Gasteiger charge is -2.27. The van der Waals surface area contributed by atoms with Crippen LogP contribution in [0.5, 0.6) is 0 Å². The average Bonchev–Trinajstić information content (AvgIpc) is 3.46. The highest BCUT2D eigenvalue weighted by Gasteiger charge is 2.46. The molecule has 4 aromatic rings. The number of hydrogen-bond acceptors (Lipinski definition) is 4. The van der Waals surface area contributed by atoms with Gasteiger partial charge in [0.25, 0.3) is 11.7 Å². The number of rotatable bonds is 7. The lowest BCUT2D eigenvalue weighted by molar-refractivity contribution is -0.140. The number of para-hydroxylation sites is 1. The van der Waals surface area contributed by atoms with Crippen LogP contribution in [-0.4, -0.2) is 39.8 Å². The normalized spacial score (nSPS) is 17.1. The van der Waals surface area contributed by atoms with Crippen LogP contribution >= 0.6 is 0 Å². The number of likely N-dealkylation sites (tertiary alicyclic amines) is 1. The Bertz CT molecular complexity index is 1480. The highest BCUT2D eigenvalue weighted by atomic mass is 19.1. The Morgan fingerprint density at radius 2 is 1.65 bits per heavy atom. The zero-order chi connectivity index (χ0) is 26.1. The Kier molecular flexibility index (Phi) is 6.53. The number of aliphatic hydroxyl groups is 1. The minimum absolute atomic E-state index is 0.0347. The molecule has 1 unspecified atom stereocenters. The number of nitrogens with zero attached hydrogens (tertiary/aromatic N) is 2. The number of anilines is 1. The van der Waals surface area contributed by atoms with Gasteiger partial charge in [0, 0.05) is 48.0 Å². The highest BCUT2D eigenvalue weighted by Crippen LogP contribution is 2.41. The van der Waals surface area contributed by atoms with E-state index in [4.69, 9.17) is 0 Å². The molecule has 37 heavy (non-hydrogen) atoms. The molecule has 1 fully saturated rings. The predicted molar refractivity (Wildman–Crippen MR) is 143 cm³/mol. The number of aromatic nitrogens is 1. The Labute approximate surface area is 214 Å². The fraction of sp³-hybridized carbons (Fsp3) is 0.200. The number of fused-ring (bicyclic) bond motifs is 1. The molecule has 0 spiro atoms. The van der Waals surface area contributed by atoms with Gasteiger partial charge in [-0.25, -0.2) is 4.39 Å². The van der Waals surface area contributed by atoms with Crippen molar-refractivity contribution in [3.05, 3.63) is 107 Å². The number of amides is 1. The molecule has 1 amide bonds. The second kappa shape index (κ2) is 9.93. The minimum Gasteiger partial charge on any atom is -0.507 e. The first kappa shape index (κ1) is 24.3. The number of ketones is 1. The smallest absolute Gasteiger partial charge is 0.295 e. The van der Waals surface area contributed by atoms with Crippen LogP contribution in [0.2, 0.25) is 0 Å². The van der Waals surface area contributed by atoms with Gasteiger partial charge in [-0.15, -0.1) is 0 Å². The van der Waals surface area contributed by atoms with E-state index in [1.54, 1.807) is 18.3 Å². The Morgan fingerprint density at radius 3 is 2.32 bits per heavy atom. The molecular formula is C30H28FN3O3. The summed E-state index contributed by atoms with van der Waals surface area (Å²) < 4.78 is 13.5. The standard InChI is InChI=1S/C30H28FN3O3/c1-3-33(4-2)22-15-11-20(12-16-22)27-26(28(35)24-17-32-25-8-6-5-7-23(24)25)29(36)30(37)34(27)18-19-9-13-21(31)14-10-19/h5-17,27,32,35H,3-4,18H2,1-2H3/b28-26-. The maximum absolute atomic E-state index is 13.5. The lowest BCUT2D eigenvalue weighted by Crippen LogP contribution is -2.29. The fourth-order valence-corrected chi connectivity index (χ4v) is 5.04. The van der Waals surface area contributed by atoms with Gasteiger partial charge in [0.1, 0.15) is 11.6 Å². The molecular weight excluding hydrogens is 469 g/mol. The number of nitrogens with one attached hydrogen (secondary N) is 1. The molecule has 1 atom stereocenters. The van der Waals surface area contributed by atoms with E-state index in [0.717, 1.165) is 29.7 Å². The summed E-state index contributed by atoms with van der Waals surface area (Å²) in [5.41, 5.74) is 3.72. The largest absolute Gasteiger partial charge is 0.507 e. The first-order valence-electron chi connectivity index (χ1n) is 12.4. The van der Waals surface area contributed by atoms with E-state index in [0.29, 0.717) is 16.7 Å². The van der Waals surface area contributed by atoms with Gasteiger partial charge in [0.2, 0.25) is 0 Å². The van der Waals surface area contributed by atoms with Crippen LogP contribution in [0.3, 0.4) is 0 Å². The topological polar surface area (TPSA) is 76.6 Å². The summed E-state index contributed by atoms with van der Waals surface area (Å²) in [7, 11) is 0. The van der Waals surface area contributed by atoms with Crippen molar-refractivity contribution in [1.82, 2.24) is 9.88 Å². The molecule has 2 heterocycles. The van der Waals surface area contributed by atoms with Gasteiger partial charge in [-0.05, 0) is 55.3 Å². The molecule has 3 aromatic carbocycles. The van der Waals surface area contributed by atoms with Crippen LogP contribution < -0.4 is 4.90 Å². The van der Waals surface area contributed by atoms with Crippen molar-refractivity contribution in [2.45, 2.75) is 26.4 Å². The number of carbonyl (C=O) groups is 2. The molecule has 1 aliphatic heterocycles. The average molecular weight is 498 g/mol. The third-order valence-electron chi connectivity index (χ3n) is 6.99. The number of halogens is 1. The van der Waals surface area contributed by atoms with E-state index in [-0.39, 0.29) is 23.7 Å². The van der Waals surface area contributed by atoms with Crippen molar-refractivity contribution >= 4 is 34.0 Å². The summed E-state index contributed by atoms with van der Waals surface area (Å²) in [5, 5.41) is 12.2. The summed E-state index contributed by atoms with van der Waals surface area (Å²) in [6.45, 7) is 5.95. The molecule has 1 saturated heterocycles. The van der Waals surface area contributed by atoms with Crippen LogP contribution in [0.4, 0.5) is 10.1 Å². The molecule has 5 rings (SSSR count). The number of Topliss-reactive ketones (excluding diaryl/α,β-unsaturated/α-hetero) is 1. The van der Waals surface area contributed by atoms with E-state index < -0.39 is 17.7 Å². The summed E-state index contributed by atoms with van der Waals surface area (Å²) >= 11 is 0. The molecule has 0 radical (unpaired) electrons. The Morgan fingerprint density at radius 1 is 0.973 bits per heavy atom. The highest BCUT2D eigenvalue weighted by molar-refractivity contribution is 6.46. The number of aromatic amines is 1. The molecule has 6 nitrogen and oxygen atoms in total. The van der Waals surface area contributed by atoms with Gasteiger partial charge >= 0.3 is 0 Å². The van der Waals surface area contributed by atoms with E-state index in [9.17, 15) is 19.1 Å². The quantitative estimate of drug-likeness (QED) is 0.193. The minimum atomic E-state index is -0.801. The van der Waals surface area contributed by atoms with Gasteiger partial charge in [0.15, 0.2) is 0 Å². The van der Waals surface area contributed by atoms with Crippen LogP contribution in [-0.2, 0) is 16.1 Å². The van der Waals surface area contributed by atoms with Crippen molar-refractivity contribution in [3.8, 4) is 0 Å². The SMILES string of the molecule is CCN(CC)c1ccc(C2/C(=C(/O)c3c[nH]c4ccccc34)C(=O)C(=O)N2Cc2ccc(F)cc2)cc1. The summed E-state index contributed by atoms with van der Waals surface area (Å²) in [4.78, 5) is 33.5. The lowest BCUT2D eigenvalue weighted by atomic mass is 9.94. The third kappa shape index (κ3) is 4.37. The van der Waals surface area contributed by atoms with Crippen LogP contribution in [0, 0.1) is 5.82 Å². The third-order valence-corrected chi connectivity index (χ3v) is 6.99. The van der Waals surface area contributed by atoms with E-state index >= 15 is 0 Å². The molecule has 1 aliphatic rings. The van der Waals surface area contributed by atoms with Crippen LogP contribution in [0.25, 0.3) is 16.7 Å². The van der Waals surface area contributed by atoms with Gasteiger partial charge in [-0.2, -0.15) is 0 Å². The van der Waals surface area contributed by atoms with Gasteiger partial charge < -0.3 is 19.9 Å². The van der Waals surface area contributed by atoms with E-state index in [1.165, 1.54) is 17.0 Å². The number of benzene rings is 3. The summed E-state index contributed by atoms with van der Waals surface area (Å²) in [6.07, 6.45) is 1.65. The van der Waals surface area contributed by atoms with Gasteiger partial charge in [-0.1, -0.05) is 42.5 Å².